The lowest BCUT2D eigenvalue weighted by Gasteiger charge is -2.11. The molecule has 2 heterocycles. The van der Waals surface area contributed by atoms with Crippen LogP contribution in [0.3, 0.4) is 0 Å². The molecule has 0 aliphatic rings. The van der Waals surface area contributed by atoms with Crippen molar-refractivity contribution in [3.63, 3.8) is 0 Å². The number of aromatic nitrogens is 2. The van der Waals surface area contributed by atoms with E-state index in [4.69, 9.17) is 9.47 Å². The first-order valence-corrected chi connectivity index (χ1v) is 10.9. The molecule has 0 fully saturated rings. The Bertz CT molecular complexity index is 1760. The van der Waals surface area contributed by atoms with Crippen LogP contribution in [0.15, 0.2) is 65.5 Å². The maximum atomic E-state index is 13.0. The van der Waals surface area contributed by atoms with Crippen molar-refractivity contribution in [1.82, 2.24) is 9.38 Å². The molecule has 0 bridgehead atoms. The van der Waals surface area contributed by atoms with Gasteiger partial charge < -0.3 is 9.47 Å². The van der Waals surface area contributed by atoms with Gasteiger partial charge in [0, 0.05) is 6.07 Å². The molecule has 2 aromatic heterocycles. The fourth-order valence-corrected chi connectivity index (χ4v) is 4.58. The van der Waals surface area contributed by atoms with Gasteiger partial charge in [0.15, 0.2) is 16.5 Å². The first-order valence-electron chi connectivity index (χ1n) is 10.1. The zero-order chi connectivity index (χ0) is 24.7. The maximum Gasteiger partial charge on any atom is 0.318 e. The summed E-state index contributed by atoms with van der Waals surface area (Å²) in [7, 11) is 1.41. The van der Waals surface area contributed by atoms with Gasteiger partial charge in [-0.25, -0.2) is 9.38 Å². The van der Waals surface area contributed by atoms with Crippen molar-refractivity contribution >= 4 is 44.8 Å². The number of hydrogen-bond acceptors (Lipinski definition) is 9. The fraction of sp³-hybridized carbons (Fsp3) is 0.0435. The molecular formula is C23H14N4O7S. The minimum atomic E-state index is -0.764. The van der Waals surface area contributed by atoms with Crippen molar-refractivity contribution in [2.24, 2.45) is 0 Å². The van der Waals surface area contributed by atoms with Crippen LogP contribution in [-0.4, -0.2) is 26.3 Å². The number of rotatable bonds is 6. The second-order valence-corrected chi connectivity index (χ2v) is 8.32. The van der Waals surface area contributed by atoms with Crippen LogP contribution >= 0.6 is 11.3 Å². The molecule has 0 unspecified atom stereocenters. The molecule has 0 saturated heterocycles. The van der Waals surface area contributed by atoms with Gasteiger partial charge in [-0.15, -0.1) is 0 Å². The summed E-state index contributed by atoms with van der Waals surface area (Å²) < 4.78 is 13.0. The number of ether oxygens (including phenoxy) is 2. The van der Waals surface area contributed by atoms with Crippen LogP contribution in [-0.2, 0) is 0 Å². The molecule has 5 rings (SSSR count). The van der Waals surface area contributed by atoms with Gasteiger partial charge in [0.1, 0.15) is 0 Å². The Hall–Kier alpha value is -4.84. The molecule has 0 radical (unpaired) electrons. The smallest absolute Gasteiger partial charge is 0.318 e. The van der Waals surface area contributed by atoms with E-state index in [0.717, 1.165) is 23.7 Å². The van der Waals surface area contributed by atoms with Crippen LogP contribution in [0.25, 0.3) is 22.1 Å². The Balaban J connectivity index is 1.58. The molecule has 0 aliphatic carbocycles. The molecule has 3 aromatic carbocycles. The van der Waals surface area contributed by atoms with Gasteiger partial charge in [0.2, 0.25) is 5.75 Å². The Morgan fingerprint density at radius 3 is 2.49 bits per heavy atom. The summed E-state index contributed by atoms with van der Waals surface area (Å²) in [4.78, 5) is 39.1. The number of nitro groups is 2. The average molecular weight is 490 g/mol. The molecule has 0 N–H and O–H groups in total. The maximum absolute atomic E-state index is 13.0. The van der Waals surface area contributed by atoms with Gasteiger partial charge in [0.25, 0.3) is 11.2 Å². The number of methoxy groups -OCH3 is 1. The monoisotopic (exact) mass is 490 g/mol. The Labute approximate surface area is 199 Å². The Kier molecular flexibility index (Phi) is 5.34. The highest BCUT2D eigenvalue weighted by molar-refractivity contribution is 7.15. The van der Waals surface area contributed by atoms with E-state index < -0.39 is 21.2 Å². The van der Waals surface area contributed by atoms with Crippen molar-refractivity contribution < 1.29 is 19.3 Å². The SMILES string of the molecule is COc1ccc(/C=c2\sc3nc4ccccc4n3c2=O)cc1Oc1ccc([N+](=O)[O-])cc1[N+](=O)[O-]. The van der Waals surface area contributed by atoms with E-state index in [-0.39, 0.29) is 22.8 Å². The number of nitro benzene ring substituents is 2. The molecule has 0 atom stereocenters. The first kappa shape index (κ1) is 22.0. The third kappa shape index (κ3) is 3.91. The van der Waals surface area contributed by atoms with E-state index in [1.807, 2.05) is 24.3 Å². The van der Waals surface area contributed by atoms with Gasteiger partial charge >= 0.3 is 5.69 Å². The standard InChI is InChI=1S/C23H14N4O7S/c1-33-19-8-6-13(10-20(19)34-18-9-7-14(26(29)30)12-17(18)27(31)32)11-21-22(28)25-16-5-3-2-4-15(16)24-23(25)35-21/h2-12H,1H3/b21-11-. The summed E-state index contributed by atoms with van der Waals surface area (Å²) in [6.45, 7) is 0. The summed E-state index contributed by atoms with van der Waals surface area (Å²) in [5.41, 5.74) is 0.805. The third-order valence-electron chi connectivity index (χ3n) is 5.20. The van der Waals surface area contributed by atoms with Gasteiger partial charge in [-0.2, -0.15) is 0 Å². The minimum absolute atomic E-state index is 0.137. The third-order valence-corrected chi connectivity index (χ3v) is 6.17. The van der Waals surface area contributed by atoms with Crippen molar-refractivity contribution in [3.05, 3.63) is 101 Å². The van der Waals surface area contributed by atoms with Crippen LogP contribution in [0.2, 0.25) is 0 Å². The van der Waals surface area contributed by atoms with Crippen molar-refractivity contribution in [2.75, 3.05) is 7.11 Å². The quantitative estimate of drug-likeness (QED) is 0.256. The van der Waals surface area contributed by atoms with Crippen LogP contribution in [0.4, 0.5) is 11.4 Å². The number of nitrogens with zero attached hydrogens (tertiary/aromatic N) is 4. The van der Waals surface area contributed by atoms with Crippen molar-refractivity contribution in [3.8, 4) is 17.2 Å². The fourth-order valence-electron chi connectivity index (χ4n) is 3.59. The van der Waals surface area contributed by atoms with Gasteiger partial charge in [-0.3, -0.25) is 25.0 Å². The molecule has 11 nitrogen and oxygen atoms in total. The second-order valence-electron chi connectivity index (χ2n) is 7.31. The Morgan fingerprint density at radius 1 is 0.971 bits per heavy atom. The average Bonchev–Trinajstić information content (AvgIpc) is 3.35. The van der Waals surface area contributed by atoms with Crippen molar-refractivity contribution in [1.29, 1.82) is 0 Å². The molecule has 0 spiro atoms. The zero-order valence-corrected chi connectivity index (χ0v) is 18.7. The number of non-ortho nitro benzene ring substituents is 1. The lowest BCUT2D eigenvalue weighted by Crippen LogP contribution is -2.22. The number of benzene rings is 3. The van der Waals surface area contributed by atoms with Crippen LogP contribution in [0.5, 0.6) is 17.2 Å². The molecule has 0 aliphatic heterocycles. The summed E-state index contributed by atoms with van der Waals surface area (Å²) in [6, 6.07) is 15.3. The number of para-hydroxylation sites is 2. The normalized spacial score (nSPS) is 11.7. The van der Waals surface area contributed by atoms with E-state index in [2.05, 4.69) is 4.98 Å². The highest BCUT2D eigenvalue weighted by Crippen LogP contribution is 2.38. The lowest BCUT2D eigenvalue weighted by atomic mass is 10.2. The number of fused-ring (bicyclic) bond motifs is 3. The minimum Gasteiger partial charge on any atom is -0.493 e. The second kappa shape index (κ2) is 8.50. The summed E-state index contributed by atoms with van der Waals surface area (Å²) in [5, 5.41) is 22.5. The summed E-state index contributed by atoms with van der Waals surface area (Å²) in [6.07, 6.45) is 1.66. The van der Waals surface area contributed by atoms with Crippen molar-refractivity contribution in [2.45, 2.75) is 0 Å². The number of imidazole rings is 1. The van der Waals surface area contributed by atoms with Crippen LogP contribution < -0.4 is 19.6 Å². The predicted molar refractivity (Wildman–Crippen MR) is 128 cm³/mol. The van der Waals surface area contributed by atoms with E-state index in [0.29, 0.717) is 20.6 Å². The Morgan fingerprint density at radius 2 is 1.74 bits per heavy atom. The number of thiazole rings is 1. The zero-order valence-electron chi connectivity index (χ0n) is 17.9. The van der Waals surface area contributed by atoms with Crippen LogP contribution in [0.1, 0.15) is 5.56 Å². The van der Waals surface area contributed by atoms with Crippen LogP contribution in [0, 0.1) is 20.2 Å². The van der Waals surface area contributed by atoms with E-state index in [1.165, 1.54) is 18.4 Å². The van der Waals surface area contributed by atoms with E-state index in [1.54, 1.807) is 28.7 Å². The summed E-state index contributed by atoms with van der Waals surface area (Å²) >= 11 is 1.23. The highest BCUT2D eigenvalue weighted by Gasteiger charge is 2.22. The predicted octanol–water partition coefficient (Wildman–Crippen LogP) is 4.07. The van der Waals surface area contributed by atoms with E-state index in [9.17, 15) is 25.0 Å². The number of hydrogen-bond donors (Lipinski definition) is 0. The molecule has 174 valence electrons. The molecular weight excluding hydrogens is 476 g/mol. The molecule has 0 amide bonds. The lowest BCUT2D eigenvalue weighted by molar-refractivity contribution is -0.394. The van der Waals surface area contributed by atoms with Gasteiger partial charge in [-0.05, 0) is 42.0 Å². The first-order chi connectivity index (χ1) is 16.9. The molecule has 35 heavy (non-hydrogen) atoms. The molecule has 0 saturated carbocycles. The highest BCUT2D eigenvalue weighted by atomic mass is 32.1. The van der Waals surface area contributed by atoms with E-state index >= 15 is 0 Å². The molecule has 12 heteroatoms. The summed E-state index contributed by atoms with van der Waals surface area (Å²) in [5.74, 6) is 0.225. The van der Waals surface area contributed by atoms with Gasteiger partial charge in [0.05, 0.1) is 38.6 Å². The topological polar surface area (TPSA) is 139 Å². The largest absolute Gasteiger partial charge is 0.493 e. The molecule has 5 aromatic rings. The van der Waals surface area contributed by atoms with Gasteiger partial charge in [-0.1, -0.05) is 29.5 Å².